The maximum Gasteiger partial charge on any atom is 0.0110 e. The molecule has 3 rings (SSSR count). The molecule has 1 heterocycles. The van der Waals surface area contributed by atoms with Crippen LogP contribution in [0.1, 0.15) is 18.4 Å². The van der Waals surface area contributed by atoms with E-state index in [0.717, 1.165) is 0 Å². The molecule has 1 aromatic carbocycles. The lowest BCUT2D eigenvalue weighted by atomic mass is 9.95. The summed E-state index contributed by atoms with van der Waals surface area (Å²) in [5.41, 5.74) is 2.05. The second kappa shape index (κ2) is 4.43. The highest BCUT2D eigenvalue weighted by Gasteiger charge is 2.45. The molecule has 17 heavy (non-hydrogen) atoms. The summed E-state index contributed by atoms with van der Waals surface area (Å²) in [5.74, 6) is 0. The Bertz CT molecular complexity index is 362. The van der Waals surface area contributed by atoms with Gasteiger partial charge in [0.05, 0.1) is 0 Å². The third-order valence-corrected chi connectivity index (χ3v) is 4.36. The highest BCUT2D eigenvalue weighted by atomic mass is 15.2. The summed E-state index contributed by atoms with van der Waals surface area (Å²) >= 11 is 0. The Morgan fingerprint density at radius 1 is 1.00 bits per heavy atom. The summed E-state index contributed by atoms with van der Waals surface area (Å²) in [6.07, 6.45) is 2.76. The Kier molecular flexibility index (Phi) is 2.93. The number of benzene rings is 1. The van der Waals surface area contributed by atoms with E-state index in [0.29, 0.717) is 5.41 Å². The van der Waals surface area contributed by atoms with Crippen molar-refractivity contribution in [2.24, 2.45) is 0 Å². The van der Waals surface area contributed by atoms with E-state index in [-0.39, 0.29) is 0 Å². The second-order valence-corrected chi connectivity index (χ2v) is 5.73. The van der Waals surface area contributed by atoms with Gasteiger partial charge in [-0.2, -0.15) is 0 Å². The Morgan fingerprint density at radius 3 is 2.24 bits per heavy atom. The van der Waals surface area contributed by atoms with Crippen molar-refractivity contribution in [1.82, 2.24) is 9.80 Å². The van der Waals surface area contributed by atoms with Gasteiger partial charge >= 0.3 is 0 Å². The first-order valence-electron chi connectivity index (χ1n) is 6.75. The van der Waals surface area contributed by atoms with Crippen LogP contribution in [0.3, 0.4) is 0 Å². The van der Waals surface area contributed by atoms with E-state index >= 15 is 0 Å². The fraction of sp³-hybridized carbons (Fsp3) is 0.600. The molecule has 0 bridgehead atoms. The van der Waals surface area contributed by atoms with Crippen molar-refractivity contribution in [1.29, 1.82) is 0 Å². The fourth-order valence-corrected chi connectivity index (χ4v) is 2.91. The zero-order valence-corrected chi connectivity index (χ0v) is 10.7. The van der Waals surface area contributed by atoms with Crippen molar-refractivity contribution in [3.63, 3.8) is 0 Å². The van der Waals surface area contributed by atoms with Gasteiger partial charge in [0.15, 0.2) is 0 Å². The zero-order chi connectivity index (χ0) is 11.7. The van der Waals surface area contributed by atoms with Gasteiger partial charge < -0.3 is 4.90 Å². The van der Waals surface area contributed by atoms with Crippen molar-refractivity contribution >= 4 is 0 Å². The van der Waals surface area contributed by atoms with Gasteiger partial charge in [-0.3, -0.25) is 4.90 Å². The lowest BCUT2D eigenvalue weighted by molar-refractivity contribution is 0.143. The lowest BCUT2D eigenvalue weighted by Crippen LogP contribution is -2.47. The van der Waals surface area contributed by atoms with Gasteiger partial charge in [-0.25, -0.2) is 0 Å². The summed E-state index contributed by atoms with van der Waals surface area (Å²) in [4.78, 5) is 5.08. The van der Waals surface area contributed by atoms with Crippen molar-refractivity contribution in [2.75, 3.05) is 39.8 Å². The molecule has 1 aliphatic carbocycles. The Labute approximate surface area is 104 Å². The predicted molar refractivity (Wildman–Crippen MR) is 71.3 cm³/mol. The quantitative estimate of drug-likeness (QED) is 0.783. The molecule has 1 aliphatic heterocycles. The van der Waals surface area contributed by atoms with Gasteiger partial charge in [-0.1, -0.05) is 30.3 Å². The van der Waals surface area contributed by atoms with Crippen LogP contribution < -0.4 is 0 Å². The van der Waals surface area contributed by atoms with Crippen LogP contribution in [0.2, 0.25) is 0 Å². The molecule has 0 unspecified atom stereocenters. The monoisotopic (exact) mass is 230 g/mol. The number of likely N-dealkylation sites (N-methyl/N-ethyl adjacent to an activating group) is 1. The molecule has 1 aromatic rings. The summed E-state index contributed by atoms with van der Waals surface area (Å²) in [5, 5.41) is 0. The third kappa shape index (κ3) is 2.38. The maximum atomic E-state index is 2.65. The van der Waals surface area contributed by atoms with Crippen LogP contribution in [0.15, 0.2) is 30.3 Å². The minimum absolute atomic E-state index is 0.497. The molecule has 2 heteroatoms. The minimum atomic E-state index is 0.497. The predicted octanol–water partition coefficient (Wildman–Crippen LogP) is 1.97. The lowest BCUT2D eigenvalue weighted by Gasteiger charge is -2.35. The average Bonchev–Trinajstić information content (AvgIpc) is 3.15. The molecule has 0 atom stereocenters. The van der Waals surface area contributed by atoms with E-state index in [9.17, 15) is 0 Å². The molecule has 0 spiro atoms. The Hall–Kier alpha value is -0.860. The standard InChI is InChI=1S/C15H22N2/c1-16-9-11-17(12-10-16)13-15(7-8-15)14-5-3-2-4-6-14/h2-6H,7-13H2,1H3. The highest BCUT2D eigenvalue weighted by molar-refractivity contribution is 5.31. The largest absolute Gasteiger partial charge is 0.304 e. The van der Waals surface area contributed by atoms with Gasteiger partial charge in [-0.15, -0.1) is 0 Å². The first-order valence-corrected chi connectivity index (χ1v) is 6.75. The summed E-state index contributed by atoms with van der Waals surface area (Å²) in [6, 6.07) is 11.1. The number of hydrogen-bond acceptors (Lipinski definition) is 2. The maximum absolute atomic E-state index is 2.65. The minimum Gasteiger partial charge on any atom is -0.304 e. The average molecular weight is 230 g/mol. The van der Waals surface area contributed by atoms with Gasteiger partial charge in [0.25, 0.3) is 0 Å². The van der Waals surface area contributed by atoms with Gasteiger partial charge in [0, 0.05) is 38.1 Å². The normalized spacial score (nSPS) is 24.8. The van der Waals surface area contributed by atoms with Crippen molar-refractivity contribution in [2.45, 2.75) is 18.3 Å². The molecule has 0 radical (unpaired) electrons. The number of rotatable bonds is 3. The van der Waals surface area contributed by atoms with Crippen molar-refractivity contribution in [3.05, 3.63) is 35.9 Å². The summed E-state index contributed by atoms with van der Waals surface area (Å²) < 4.78 is 0. The molecule has 0 N–H and O–H groups in total. The topological polar surface area (TPSA) is 6.48 Å². The number of hydrogen-bond donors (Lipinski definition) is 0. The second-order valence-electron chi connectivity index (χ2n) is 5.73. The van der Waals surface area contributed by atoms with Crippen LogP contribution in [-0.4, -0.2) is 49.6 Å². The van der Waals surface area contributed by atoms with Crippen LogP contribution in [0.5, 0.6) is 0 Å². The third-order valence-electron chi connectivity index (χ3n) is 4.36. The van der Waals surface area contributed by atoms with Crippen LogP contribution in [-0.2, 0) is 5.41 Å². The zero-order valence-electron chi connectivity index (χ0n) is 10.7. The van der Waals surface area contributed by atoms with Crippen molar-refractivity contribution in [3.8, 4) is 0 Å². The molecule has 0 amide bonds. The smallest absolute Gasteiger partial charge is 0.0110 e. The molecular formula is C15H22N2. The SMILES string of the molecule is CN1CCN(CC2(c3ccccc3)CC2)CC1. The van der Waals surface area contributed by atoms with E-state index in [1.807, 2.05) is 0 Å². The first-order chi connectivity index (χ1) is 8.28. The highest BCUT2D eigenvalue weighted by Crippen LogP contribution is 2.48. The van der Waals surface area contributed by atoms with E-state index in [1.165, 1.54) is 45.6 Å². The number of nitrogens with zero attached hydrogens (tertiary/aromatic N) is 2. The van der Waals surface area contributed by atoms with E-state index in [1.54, 1.807) is 5.56 Å². The number of piperazine rings is 1. The molecule has 92 valence electrons. The Morgan fingerprint density at radius 2 is 1.65 bits per heavy atom. The van der Waals surface area contributed by atoms with Gasteiger partial charge in [-0.05, 0) is 25.5 Å². The molecular weight excluding hydrogens is 208 g/mol. The molecule has 1 saturated heterocycles. The molecule has 2 fully saturated rings. The van der Waals surface area contributed by atoms with Gasteiger partial charge in [0.1, 0.15) is 0 Å². The van der Waals surface area contributed by atoms with Crippen LogP contribution >= 0.6 is 0 Å². The molecule has 0 aromatic heterocycles. The first kappa shape index (κ1) is 11.2. The summed E-state index contributed by atoms with van der Waals surface area (Å²) in [7, 11) is 2.22. The van der Waals surface area contributed by atoms with E-state index in [2.05, 4.69) is 47.2 Å². The van der Waals surface area contributed by atoms with Crippen LogP contribution in [0.25, 0.3) is 0 Å². The van der Waals surface area contributed by atoms with Crippen molar-refractivity contribution < 1.29 is 0 Å². The van der Waals surface area contributed by atoms with E-state index in [4.69, 9.17) is 0 Å². The molecule has 2 aliphatic rings. The molecule has 1 saturated carbocycles. The van der Waals surface area contributed by atoms with Gasteiger partial charge in [0.2, 0.25) is 0 Å². The van der Waals surface area contributed by atoms with Crippen LogP contribution in [0, 0.1) is 0 Å². The molecule has 2 nitrogen and oxygen atoms in total. The fourth-order valence-electron chi connectivity index (χ4n) is 2.91. The Balaban J connectivity index is 1.65. The van der Waals surface area contributed by atoms with E-state index < -0.39 is 0 Å². The summed E-state index contributed by atoms with van der Waals surface area (Å²) in [6.45, 7) is 6.21. The van der Waals surface area contributed by atoms with Crippen LogP contribution in [0.4, 0.5) is 0 Å².